The van der Waals surface area contributed by atoms with E-state index in [-0.39, 0.29) is 6.09 Å². The van der Waals surface area contributed by atoms with Gasteiger partial charge in [-0.15, -0.1) is 0 Å². The van der Waals surface area contributed by atoms with E-state index < -0.39 is 5.60 Å². The summed E-state index contributed by atoms with van der Waals surface area (Å²) in [5.41, 5.74) is 11.7. The van der Waals surface area contributed by atoms with Crippen molar-refractivity contribution in [3.8, 4) is 11.3 Å². The molecule has 1 aromatic carbocycles. The molecular formula is C34H41N5O2. The van der Waals surface area contributed by atoms with E-state index in [1.165, 1.54) is 44.4 Å². The summed E-state index contributed by atoms with van der Waals surface area (Å²) in [6.07, 6.45) is 3.52. The Bertz CT molecular complexity index is 1630. The van der Waals surface area contributed by atoms with Gasteiger partial charge < -0.3 is 19.5 Å². The molecule has 0 unspecified atom stereocenters. The molecule has 1 N–H and O–H groups in total. The second-order valence-electron chi connectivity index (χ2n) is 13.0. The molecule has 0 saturated carbocycles. The molecule has 0 aliphatic carbocycles. The lowest BCUT2D eigenvalue weighted by molar-refractivity contribution is 0.0224. The molecule has 7 heteroatoms. The van der Waals surface area contributed by atoms with Crippen LogP contribution in [0.3, 0.4) is 0 Å². The number of anilines is 1. The number of benzene rings is 1. The summed E-state index contributed by atoms with van der Waals surface area (Å²) in [6.45, 7) is 17.3. The zero-order valence-corrected chi connectivity index (χ0v) is 25.4. The predicted octanol–water partition coefficient (Wildman–Crippen LogP) is 7.22. The molecule has 2 aliphatic heterocycles. The molecule has 0 spiro atoms. The number of H-pyrrole nitrogens is 1. The number of nitrogens with one attached hydrogen (secondary N) is 1. The highest BCUT2D eigenvalue weighted by Gasteiger charge is 2.28. The van der Waals surface area contributed by atoms with E-state index in [0.29, 0.717) is 19.0 Å². The van der Waals surface area contributed by atoms with Gasteiger partial charge in [0.2, 0.25) is 0 Å². The van der Waals surface area contributed by atoms with Crippen LogP contribution in [0.15, 0.2) is 36.5 Å². The minimum atomic E-state index is -0.501. The van der Waals surface area contributed by atoms with Crippen LogP contribution in [0.4, 0.5) is 10.6 Å². The third kappa shape index (κ3) is 5.42. The molecule has 4 aromatic rings. The number of carbonyl (C=O) groups excluding carboxylic acids is 1. The first-order valence-electron chi connectivity index (χ1n) is 14.8. The molecule has 1 amide bonds. The van der Waals surface area contributed by atoms with Gasteiger partial charge in [-0.1, -0.05) is 13.8 Å². The Kier molecular flexibility index (Phi) is 6.79. The third-order valence-corrected chi connectivity index (χ3v) is 8.18. The summed E-state index contributed by atoms with van der Waals surface area (Å²) in [4.78, 5) is 30.1. The first-order valence-corrected chi connectivity index (χ1v) is 14.8. The van der Waals surface area contributed by atoms with Crippen molar-refractivity contribution in [3.63, 3.8) is 0 Å². The Labute approximate surface area is 242 Å². The molecule has 0 saturated heterocycles. The Morgan fingerprint density at radius 1 is 0.927 bits per heavy atom. The van der Waals surface area contributed by atoms with Crippen molar-refractivity contribution in [2.45, 2.75) is 85.9 Å². The predicted molar refractivity (Wildman–Crippen MR) is 164 cm³/mol. The topological polar surface area (TPSA) is 74.4 Å². The molecule has 0 radical (unpaired) electrons. The van der Waals surface area contributed by atoms with Crippen LogP contribution in [0, 0.1) is 13.8 Å². The summed E-state index contributed by atoms with van der Waals surface area (Å²) in [5, 5.41) is 1.30. The highest BCUT2D eigenvalue weighted by atomic mass is 16.6. The van der Waals surface area contributed by atoms with Crippen LogP contribution in [0.1, 0.15) is 79.7 Å². The molecule has 7 nitrogen and oxygen atoms in total. The first-order chi connectivity index (χ1) is 19.4. The number of fused-ring (bicyclic) bond motifs is 3. The fourth-order valence-electron chi connectivity index (χ4n) is 6.35. The van der Waals surface area contributed by atoms with Gasteiger partial charge in [0.05, 0.1) is 5.69 Å². The van der Waals surface area contributed by atoms with E-state index in [0.717, 1.165) is 48.7 Å². The zero-order valence-electron chi connectivity index (χ0n) is 25.4. The van der Waals surface area contributed by atoms with Crippen molar-refractivity contribution in [1.29, 1.82) is 0 Å². The van der Waals surface area contributed by atoms with Gasteiger partial charge in [-0.3, -0.25) is 4.98 Å². The Hall–Kier alpha value is -3.87. The van der Waals surface area contributed by atoms with Gasteiger partial charge in [0, 0.05) is 60.2 Å². The fourth-order valence-corrected chi connectivity index (χ4v) is 6.35. The van der Waals surface area contributed by atoms with Crippen molar-refractivity contribution < 1.29 is 9.53 Å². The van der Waals surface area contributed by atoms with Crippen LogP contribution in [0.25, 0.3) is 22.2 Å². The highest BCUT2D eigenvalue weighted by molar-refractivity contribution is 5.92. The first kappa shape index (κ1) is 27.3. The number of ether oxygens (including phenoxy) is 1. The summed E-state index contributed by atoms with van der Waals surface area (Å²) in [6, 6.07) is 11.3. The van der Waals surface area contributed by atoms with Crippen molar-refractivity contribution in [2.24, 2.45) is 0 Å². The number of hydrogen-bond donors (Lipinski definition) is 1. The van der Waals surface area contributed by atoms with Crippen LogP contribution < -0.4 is 4.90 Å². The summed E-state index contributed by atoms with van der Waals surface area (Å²) < 4.78 is 5.64. The van der Waals surface area contributed by atoms with Gasteiger partial charge in [0.25, 0.3) is 0 Å². The van der Waals surface area contributed by atoms with Gasteiger partial charge in [-0.05, 0) is 112 Å². The number of aromatic nitrogens is 3. The summed E-state index contributed by atoms with van der Waals surface area (Å²) >= 11 is 0. The SMILES string of the molecule is Cc1cc(-c2[nH]c3cc4c(cc3c2C(C)C)CN(c2cc3c(cn2)CCN(C(=O)OC(C)(C)C)C3)CC4)cc(C)n1. The maximum absolute atomic E-state index is 12.7. The van der Waals surface area contributed by atoms with Crippen molar-refractivity contribution in [2.75, 3.05) is 18.0 Å². The number of pyridine rings is 2. The fraction of sp³-hybridized carbons (Fsp3) is 0.441. The van der Waals surface area contributed by atoms with Crippen LogP contribution in [0.2, 0.25) is 0 Å². The Balaban J connectivity index is 1.29. The molecule has 6 rings (SSSR count). The molecule has 2 aliphatic rings. The zero-order chi connectivity index (χ0) is 29.1. The van der Waals surface area contributed by atoms with E-state index in [1.54, 1.807) is 0 Å². The average Bonchev–Trinajstić information content (AvgIpc) is 3.28. The van der Waals surface area contributed by atoms with Gasteiger partial charge in [0.15, 0.2) is 0 Å². The standard InChI is InChI=1S/C34H41N5O2/c1-20(2)31-28-14-26-18-38(10-8-23(26)15-29(28)37-32(31)25-12-21(3)36-22(4)13-25)30-16-27-19-39(11-9-24(27)17-35-30)33(40)41-34(5,6)7/h12-17,20,37H,8-11,18-19H2,1-7H3. The largest absolute Gasteiger partial charge is 0.444 e. The molecule has 0 atom stereocenters. The number of aromatic amines is 1. The van der Waals surface area contributed by atoms with E-state index in [1.807, 2.05) is 31.9 Å². The summed E-state index contributed by atoms with van der Waals surface area (Å²) in [5.74, 6) is 1.35. The number of hydrogen-bond acceptors (Lipinski definition) is 5. The van der Waals surface area contributed by atoms with Gasteiger partial charge in [-0.2, -0.15) is 0 Å². The smallest absolute Gasteiger partial charge is 0.410 e. The van der Waals surface area contributed by atoms with E-state index >= 15 is 0 Å². The van der Waals surface area contributed by atoms with E-state index in [4.69, 9.17) is 9.72 Å². The number of aryl methyl sites for hydroxylation is 2. The number of nitrogens with zero attached hydrogens (tertiary/aromatic N) is 4. The molecule has 0 fully saturated rings. The second-order valence-corrected chi connectivity index (χ2v) is 13.0. The highest BCUT2D eigenvalue weighted by Crippen LogP contribution is 2.38. The summed E-state index contributed by atoms with van der Waals surface area (Å²) in [7, 11) is 0. The Morgan fingerprint density at radius 3 is 2.34 bits per heavy atom. The molecular weight excluding hydrogens is 510 g/mol. The molecule has 3 aromatic heterocycles. The minimum absolute atomic E-state index is 0.249. The lowest BCUT2D eigenvalue weighted by Gasteiger charge is -2.33. The van der Waals surface area contributed by atoms with Gasteiger partial charge >= 0.3 is 6.09 Å². The van der Waals surface area contributed by atoms with Crippen LogP contribution in [0.5, 0.6) is 0 Å². The van der Waals surface area contributed by atoms with Gasteiger partial charge in [0.1, 0.15) is 11.4 Å². The molecule has 0 bridgehead atoms. The quantitative estimate of drug-likeness (QED) is 0.291. The molecule has 41 heavy (non-hydrogen) atoms. The number of carbonyl (C=O) groups is 1. The normalized spacial score (nSPS) is 15.3. The lowest BCUT2D eigenvalue weighted by atomic mass is 9.92. The third-order valence-electron chi connectivity index (χ3n) is 8.18. The van der Waals surface area contributed by atoms with Crippen molar-refractivity contribution in [3.05, 3.63) is 75.7 Å². The molecule has 214 valence electrons. The number of rotatable bonds is 3. The Morgan fingerprint density at radius 2 is 1.63 bits per heavy atom. The van der Waals surface area contributed by atoms with Crippen molar-refractivity contribution in [1.82, 2.24) is 19.9 Å². The monoisotopic (exact) mass is 551 g/mol. The van der Waals surface area contributed by atoms with Crippen LogP contribution in [-0.2, 0) is 30.7 Å². The minimum Gasteiger partial charge on any atom is -0.444 e. The van der Waals surface area contributed by atoms with Crippen LogP contribution in [-0.4, -0.2) is 44.6 Å². The molecule has 5 heterocycles. The maximum atomic E-state index is 12.7. The van der Waals surface area contributed by atoms with Gasteiger partial charge in [-0.25, -0.2) is 9.78 Å². The number of amides is 1. The van der Waals surface area contributed by atoms with E-state index in [2.05, 4.69) is 72.9 Å². The van der Waals surface area contributed by atoms with E-state index in [9.17, 15) is 4.79 Å². The maximum Gasteiger partial charge on any atom is 0.410 e. The lowest BCUT2D eigenvalue weighted by Crippen LogP contribution is -2.40. The second kappa shape index (κ2) is 10.2. The van der Waals surface area contributed by atoms with Crippen LogP contribution >= 0.6 is 0 Å². The van der Waals surface area contributed by atoms with Crippen molar-refractivity contribution >= 4 is 22.8 Å². The average molecular weight is 552 g/mol.